The summed E-state index contributed by atoms with van der Waals surface area (Å²) in [5.74, 6) is -0.461. The van der Waals surface area contributed by atoms with Gasteiger partial charge < -0.3 is 61.9 Å². The van der Waals surface area contributed by atoms with E-state index in [0.717, 1.165) is 6.08 Å². The number of carbonyl (C=O) groups excluding carboxylic acids is 1. The number of carbonyl (C=O) groups is 1. The molecule has 14 nitrogen and oxygen atoms in total. The van der Waals surface area contributed by atoms with E-state index in [-0.39, 0.29) is 13.2 Å². The molecule has 0 unspecified atom stereocenters. The van der Waals surface area contributed by atoms with Crippen LogP contribution in [0.1, 0.15) is 0 Å². The van der Waals surface area contributed by atoms with Crippen LogP contribution in [0.15, 0.2) is 12.7 Å². The summed E-state index contributed by atoms with van der Waals surface area (Å²) in [4.78, 5) is 10.8. The zero-order valence-electron chi connectivity index (χ0n) is 24.5. The lowest BCUT2D eigenvalue weighted by Gasteiger charge is -2.09. The van der Waals surface area contributed by atoms with E-state index in [9.17, 15) is 4.79 Å². The van der Waals surface area contributed by atoms with Gasteiger partial charge in [-0.2, -0.15) is 0 Å². The zero-order chi connectivity index (χ0) is 29.7. The number of hydrogen-bond donors (Lipinski definition) is 1. The highest BCUT2D eigenvalue weighted by Crippen LogP contribution is 1.87. The summed E-state index contributed by atoms with van der Waals surface area (Å²) in [6, 6.07) is 0. The number of aliphatic hydroxyl groups excluding tert-OH is 1. The third-order valence-corrected chi connectivity index (χ3v) is 4.59. The summed E-state index contributed by atoms with van der Waals surface area (Å²) in [6.07, 6.45) is 1.11. The average molecular weight is 601 g/mol. The molecule has 0 aromatic carbocycles. The fourth-order valence-electron chi connectivity index (χ4n) is 2.63. The average Bonchev–Trinajstić information content (AvgIpc) is 2.99. The van der Waals surface area contributed by atoms with Gasteiger partial charge in [-0.1, -0.05) is 6.58 Å². The van der Waals surface area contributed by atoms with Gasteiger partial charge in [0.05, 0.1) is 152 Å². The van der Waals surface area contributed by atoms with Gasteiger partial charge in [0.1, 0.15) is 6.61 Å². The van der Waals surface area contributed by atoms with Crippen LogP contribution in [0.2, 0.25) is 0 Å². The van der Waals surface area contributed by atoms with Crippen LogP contribution >= 0.6 is 0 Å². The van der Waals surface area contributed by atoms with Crippen LogP contribution < -0.4 is 0 Å². The fourth-order valence-corrected chi connectivity index (χ4v) is 2.63. The van der Waals surface area contributed by atoms with Crippen molar-refractivity contribution in [1.29, 1.82) is 0 Å². The molecule has 41 heavy (non-hydrogen) atoms. The molecule has 1 N–H and O–H groups in total. The van der Waals surface area contributed by atoms with Gasteiger partial charge in [-0.25, -0.2) is 4.79 Å². The maximum atomic E-state index is 10.8. The first kappa shape index (κ1) is 39.7. The predicted molar refractivity (Wildman–Crippen MR) is 147 cm³/mol. The molecule has 244 valence electrons. The van der Waals surface area contributed by atoms with Crippen LogP contribution in [-0.4, -0.2) is 170 Å². The van der Waals surface area contributed by atoms with Crippen molar-refractivity contribution >= 4 is 5.97 Å². The lowest BCUT2D eigenvalue weighted by Crippen LogP contribution is -2.15. The van der Waals surface area contributed by atoms with Crippen LogP contribution in [0.5, 0.6) is 0 Å². The quantitative estimate of drug-likeness (QED) is 0.0579. The summed E-state index contributed by atoms with van der Waals surface area (Å²) < 4.78 is 63.8. The maximum Gasteiger partial charge on any atom is 0.330 e. The largest absolute Gasteiger partial charge is 0.460 e. The van der Waals surface area contributed by atoms with Crippen molar-refractivity contribution in [2.75, 3.05) is 159 Å². The summed E-state index contributed by atoms with van der Waals surface area (Å²) in [5.41, 5.74) is 0. The zero-order valence-corrected chi connectivity index (χ0v) is 24.5. The molecule has 0 aromatic rings. The van der Waals surface area contributed by atoms with E-state index in [0.29, 0.717) is 145 Å². The van der Waals surface area contributed by atoms with Crippen LogP contribution in [0.4, 0.5) is 0 Å². The number of ether oxygens (including phenoxy) is 12. The van der Waals surface area contributed by atoms with Gasteiger partial charge in [-0.05, 0) is 0 Å². The molecule has 0 amide bonds. The molecule has 0 heterocycles. The van der Waals surface area contributed by atoms with Crippen LogP contribution in [0.25, 0.3) is 0 Å². The van der Waals surface area contributed by atoms with E-state index in [1.807, 2.05) is 0 Å². The molecule has 0 aliphatic heterocycles. The van der Waals surface area contributed by atoms with E-state index in [1.165, 1.54) is 0 Å². The van der Waals surface area contributed by atoms with Gasteiger partial charge in [0, 0.05) is 6.08 Å². The van der Waals surface area contributed by atoms with Crippen molar-refractivity contribution in [3.63, 3.8) is 0 Å². The molecule has 0 saturated heterocycles. The first-order valence-corrected chi connectivity index (χ1v) is 14.1. The maximum absolute atomic E-state index is 10.8. The Morgan fingerprint density at radius 3 is 0.780 bits per heavy atom. The van der Waals surface area contributed by atoms with Crippen molar-refractivity contribution in [1.82, 2.24) is 0 Å². The van der Waals surface area contributed by atoms with E-state index in [1.54, 1.807) is 0 Å². The predicted octanol–water partition coefficient (Wildman–Crippen LogP) is -0.109. The van der Waals surface area contributed by atoms with E-state index >= 15 is 0 Å². The van der Waals surface area contributed by atoms with E-state index in [4.69, 9.17) is 61.9 Å². The Balaban J connectivity index is 3.04. The molecular weight excluding hydrogens is 548 g/mol. The highest BCUT2D eigenvalue weighted by molar-refractivity contribution is 5.81. The molecule has 0 aliphatic carbocycles. The molecule has 14 heteroatoms. The summed E-state index contributed by atoms with van der Waals surface area (Å²) in [6.45, 7) is 13.9. The van der Waals surface area contributed by atoms with Crippen LogP contribution in [0, 0.1) is 0 Å². The summed E-state index contributed by atoms with van der Waals surface area (Å²) in [7, 11) is 0. The summed E-state index contributed by atoms with van der Waals surface area (Å²) >= 11 is 0. The second-order valence-corrected chi connectivity index (χ2v) is 7.83. The Hall–Kier alpha value is -1.27. The van der Waals surface area contributed by atoms with Crippen molar-refractivity contribution < 1.29 is 66.7 Å². The third-order valence-electron chi connectivity index (χ3n) is 4.59. The lowest BCUT2D eigenvalue weighted by atomic mass is 10.6. The van der Waals surface area contributed by atoms with Gasteiger partial charge >= 0.3 is 5.97 Å². The molecule has 0 radical (unpaired) electrons. The molecule has 0 saturated carbocycles. The fraction of sp³-hybridized carbons (Fsp3) is 0.889. The molecule has 0 fully saturated rings. The van der Waals surface area contributed by atoms with Crippen LogP contribution in [-0.2, 0) is 61.6 Å². The Kier molecular flexibility index (Phi) is 35.6. The minimum absolute atomic E-state index is 0.0220. The third kappa shape index (κ3) is 36.7. The van der Waals surface area contributed by atoms with E-state index in [2.05, 4.69) is 6.58 Å². The SMILES string of the molecule is C=CC(=O)OCCOCCOCCOCCOCCOCCOCCOCCOCCOCCOCCOCCO. The normalized spacial score (nSPS) is 11.2. The number of hydrogen-bond acceptors (Lipinski definition) is 14. The topological polar surface area (TPSA) is 148 Å². The monoisotopic (exact) mass is 600 g/mol. The van der Waals surface area contributed by atoms with Gasteiger partial charge in [-0.3, -0.25) is 0 Å². The Morgan fingerprint density at radius 2 is 0.585 bits per heavy atom. The molecule has 0 spiro atoms. The number of esters is 1. The molecule has 0 aromatic heterocycles. The standard InChI is InChI=1S/C27H52O14/c1-2-27(29)41-26-25-40-24-23-39-22-21-38-20-19-37-18-17-36-16-15-35-14-13-34-12-11-33-10-9-32-8-7-31-6-5-30-4-3-28/h2,28H,1,3-26H2. The van der Waals surface area contributed by atoms with Crippen molar-refractivity contribution in [3.05, 3.63) is 12.7 Å². The molecule has 0 aliphatic rings. The lowest BCUT2D eigenvalue weighted by molar-refractivity contribution is -0.139. The van der Waals surface area contributed by atoms with E-state index < -0.39 is 5.97 Å². The van der Waals surface area contributed by atoms with Crippen molar-refractivity contribution in [3.8, 4) is 0 Å². The van der Waals surface area contributed by atoms with Crippen molar-refractivity contribution in [2.45, 2.75) is 0 Å². The first-order valence-electron chi connectivity index (χ1n) is 14.1. The van der Waals surface area contributed by atoms with Gasteiger partial charge in [0.15, 0.2) is 0 Å². The Labute approximate surface area is 244 Å². The number of aliphatic hydroxyl groups is 1. The molecular formula is C27H52O14. The Bertz CT molecular complexity index is 526. The van der Waals surface area contributed by atoms with Crippen molar-refractivity contribution in [2.24, 2.45) is 0 Å². The summed E-state index contributed by atoms with van der Waals surface area (Å²) in [5, 5.41) is 8.56. The van der Waals surface area contributed by atoms with Gasteiger partial charge in [-0.15, -0.1) is 0 Å². The second kappa shape index (κ2) is 36.8. The molecule has 0 bridgehead atoms. The smallest absolute Gasteiger partial charge is 0.330 e. The highest BCUT2D eigenvalue weighted by Gasteiger charge is 1.97. The minimum atomic E-state index is -0.461. The Morgan fingerprint density at radius 1 is 0.390 bits per heavy atom. The van der Waals surface area contributed by atoms with Crippen LogP contribution in [0.3, 0.4) is 0 Å². The molecule has 0 atom stereocenters. The van der Waals surface area contributed by atoms with Gasteiger partial charge in [0.2, 0.25) is 0 Å². The second-order valence-electron chi connectivity index (χ2n) is 7.83. The number of rotatable bonds is 36. The first-order chi connectivity index (χ1) is 20.3. The van der Waals surface area contributed by atoms with Gasteiger partial charge in [0.25, 0.3) is 0 Å². The minimum Gasteiger partial charge on any atom is -0.460 e. The molecule has 0 rings (SSSR count). The highest BCUT2D eigenvalue weighted by atomic mass is 16.6.